The van der Waals surface area contributed by atoms with E-state index in [-0.39, 0.29) is 0 Å². The van der Waals surface area contributed by atoms with Crippen LogP contribution in [0.3, 0.4) is 0 Å². The van der Waals surface area contributed by atoms with E-state index < -0.39 is 0 Å². The molecule has 2 fully saturated rings. The van der Waals surface area contributed by atoms with E-state index in [0.29, 0.717) is 6.04 Å². The molecule has 2 saturated carbocycles. The Morgan fingerprint density at radius 3 is 2.53 bits per heavy atom. The van der Waals surface area contributed by atoms with Crippen molar-refractivity contribution in [1.29, 1.82) is 0 Å². The van der Waals surface area contributed by atoms with E-state index in [2.05, 4.69) is 17.3 Å². The zero-order valence-corrected chi connectivity index (χ0v) is 10.0. The first kappa shape index (κ1) is 11.4. The van der Waals surface area contributed by atoms with Crippen molar-refractivity contribution in [3.8, 4) is 0 Å². The lowest BCUT2D eigenvalue weighted by Crippen LogP contribution is -2.50. The lowest BCUT2D eigenvalue weighted by Gasteiger charge is -2.40. The number of methoxy groups -OCH3 is 1. The Hall–Kier alpha value is -0.120. The molecular weight excluding hydrogens is 188 g/mol. The van der Waals surface area contributed by atoms with Gasteiger partial charge in [0.25, 0.3) is 0 Å². The van der Waals surface area contributed by atoms with Crippen LogP contribution in [0.15, 0.2) is 0 Å². The van der Waals surface area contributed by atoms with Gasteiger partial charge in [0.15, 0.2) is 0 Å². The number of nitrogens with zero attached hydrogens (tertiary/aromatic N) is 1. The Labute approximate surface area is 93.2 Å². The van der Waals surface area contributed by atoms with Crippen LogP contribution in [-0.2, 0) is 4.74 Å². The molecule has 1 N–H and O–H groups in total. The van der Waals surface area contributed by atoms with Crippen LogP contribution in [0.25, 0.3) is 0 Å². The molecule has 0 radical (unpaired) electrons. The Balaban J connectivity index is 1.74. The Morgan fingerprint density at radius 1 is 1.33 bits per heavy atom. The van der Waals surface area contributed by atoms with E-state index in [9.17, 15) is 0 Å². The summed E-state index contributed by atoms with van der Waals surface area (Å²) in [5.41, 5.74) is 0. The van der Waals surface area contributed by atoms with Gasteiger partial charge in [-0.05, 0) is 32.7 Å². The highest BCUT2D eigenvalue weighted by Crippen LogP contribution is 2.25. The fourth-order valence-corrected chi connectivity index (χ4v) is 2.20. The molecule has 1 unspecified atom stereocenters. The van der Waals surface area contributed by atoms with E-state index in [1.807, 2.05) is 0 Å². The molecule has 0 aromatic rings. The molecule has 0 bridgehead atoms. The first-order valence-electron chi connectivity index (χ1n) is 6.25. The summed E-state index contributed by atoms with van der Waals surface area (Å²) in [7, 11) is 4.06. The van der Waals surface area contributed by atoms with Gasteiger partial charge in [-0.3, -0.25) is 4.90 Å². The van der Waals surface area contributed by atoms with Crippen molar-refractivity contribution < 1.29 is 4.74 Å². The van der Waals surface area contributed by atoms with E-state index in [1.54, 1.807) is 7.11 Å². The second-order valence-electron chi connectivity index (χ2n) is 5.04. The summed E-state index contributed by atoms with van der Waals surface area (Å²) in [6, 6.07) is 2.17. The summed E-state index contributed by atoms with van der Waals surface area (Å²) in [4.78, 5) is 2.52. The van der Waals surface area contributed by atoms with Crippen molar-refractivity contribution in [1.82, 2.24) is 10.2 Å². The third-order valence-electron chi connectivity index (χ3n) is 3.81. The van der Waals surface area contributed by atoms with Gasteiger partial charge < -0.3 is 10.1 Å². The number of hydrogen-bond donors (Lipinski definition) is 1. The van der Waals surface area contributed by atoms with Crippen LogP contribution in [0.5, 0.6) is 0 Å². The van der Waals surface area contributed by atoms with Crippen molar-refractivity contribution in [3.05, 3.63) is 0 Å². The molecule has 2 aliphatic carbocycles. The molecule has 3 nitrogen and oxygen atoms in total. The maximum Gasteiger partial charge on any atom is 0.0630 e. The van der Waals surface area contributed by atoms with Gasteiger partial charge in [0, 0.05) is 31.8 Å². The predicted octanol–water partition coefficient (Wildman–Crippen LogP) is 1.24. The predicted molar refractivity (Wildman–Crippen MR) is 62.1 cm³/mol. The first-order chi connectivity index (χ1) is 7.31. The van der Waals surface area contributed by atoms with E-state index in [4.69, 9.17) is 4.74 Å². The Bertz CT molecular complexity index is 190. The molecule has 3 heteroatoms. The van der Waals surface area contributed by atoms with Crippen molar-refractivity contribution in [2.75, 3.05) is 27.3 Å². The summed E-state index contributed by atoms with van der Waals surface area (Å²) in [6.45, 7) is 1.94. The van der Waals surface area contributed by atoms with E-state index in [0.717, 1.165) is 25.2 Å². The maximum atomic E-state index is 5.31. The van der Waals surface area contributed by atoms with Crippen LogP contribution < -0.4 is 5.32 Å². The molecule has 0 amide bonds. The minimum Gasteiger partial charge on any atom is -0.383 e. The monoisotopic (exact) mass is 212 g/mol. The zero-order valence-electron chi connectivity index (χ0n) is 10.0. The lowest BCUT2D eigenvalue weighted by atomic mass is 9.91. The molecule has 0 aromatic heterocycles. The number of ether oxygens (including phenoxy) is 1. The molecule has 0 spiro atoms. The molecule has 0 aliphatic heterocycles. The van der Waals surface area contributed by atoms with Gasteiger partial charge in [-0.2, -0.15) is 0 Å². The number of nitrogens with one attached hydrogen (secondary N) is 1. The maximum absolute atomic E-state index is 5.31. The summed E-state index contributed by atoms with van der Waals surface area (Å²) in [5.74, 6) is 0. The molecular formula is C12H24N2O. The van der Waals surface area contributed by atoms with Gasteiger partial charge in [0.2, 0.25) is 0 Å². The number of likely N-dealkylation sites (N-methyl/N-ethyl adjacent to an activating group) is 1. The Kier molecular flexibility index (Phi) is 4.00. The van der Waals surface area contributed by atoms with Crippen molar-refractivity contribution >= 4 is 0 Å². The number of hydrogen-bond acceptors (Lipinski definition) is 3. The van der Waals surface area contributed by atoms with Crippen LogP contribution >= 0.6 is 0 Å². The van der Waals surface area contributed by atoms with Crippen LogP contribution in [0, 0.1) is 0 Å². The molecule has 2 aliphatic rings. The number of rotatable bonds is 7. The molecule has 15 heavy (non-hydrogen) atoms. The third-order valence-corrected chi connectivity index (χ3v) is 3.81. The molecule has 0 saturated heterocycles. The standard InChI is InChI=1S/C12H24N2O/c1-14(11-4-3-5-11)12(9-15-2)8-13-10-6-7-10/h10-13H,3-9H2,1-2H3. The van der Waals surface area contributed by atoms with Crippen LogP contribution in [-0.4, -0.2) is 50.3 Å². The molecule has 1 atom stereocenters. The van der Waals surface area contributed by atoms with Gasteiger partial charge in [0.05, 0.1) is 6.61 Å². The third kappa shape index (κ3) is 3.16. The van der Waals surface area contributed by atoms with Crippen molar-refractivity contribution in [2.45, 2.75) is 50.2 Å². The fraction of sp³-hybridized carbons (Fsp3) is 1.00. The molecule has 0 aromatic carbocycles. The van der Waals surface area contributed by atoms with Crippen LogP contribution in [0.4, 0.5) is 0 Å². The lowest BCUT2D eigenvalue weighted by molar-refractivity contribution is 0.0521. The highest BCUT2D eigenvalue weighted by atomic mass is 16.5. The molecule has 0 heterocycles. The van der Waals surface area contributed by atoms with Gasteiger partial charge in [0.1, 0.15) is 0 Å². The smallest absolute Gasteiger partial charge is 0.0630 e. The zero-order chi connectivity index (χ0) is 10.7. The van der Waals surface area contributed by atoms with Gasteiger partial charge in [-0.25, -0.2) is 0 Å². The second-order valence-corrected chi connectivity index (χ2v) is 5.04. The summed E-state index contributed by atoms with van der Waals surface area (Å²) in [6.07, 6.45) is 6.89. The van der Waals surface area contributed by atoms with Crippen molar-refractivity contribution in [2.24, 2.45) is 0 Å². The summed E-state index contributed by atoms with van der Waals surface area (Å²) in [5, 5.41) is 3.60. The topological polar surface area (TPSA) is 24.5 Å². The molecule has 2 rings (SSSR count). The highest BCUT2D eigenvalue weighted by molar-refractivity contribution is 4.87. The average molecular weight is 212 g/mol. The largest absolute Gasteiger partial charge is 0.383 e. The SMILES string of the molecule is COCC(CNC1CC1)N(C)C1CCC1. The van der Waals surface area contributed by atoms with Crippen molar-refractivity contribution in [3.63, 3.8) is 0 Å². The summed E-state index contributed by atoms with van der Waals surface area (Å²) < 4.78 is 5.31. The van der Waals surface area contributed by atoms with Gasteiger partial charge in [-0.15, -0.1) is 0 Å². The quantitative estimate of drug-likeness (QED) is 0.687. The van der Waals surface area contributed by atoms with E-state index >= 15 is 0 Å². The highest BCUT2D eigenvalue weighted by Gasteiger charge is 2.29. The van der Waals surface area contributed by atoms with Gasteiger partial charge in [-0.1, -0.05) is 6.42 Å². The van der Waals surface area contributed by atoms with Gasteiger partial charge >= 0.3 is 0 Å². The fourth-order valence-electron chi connectivity index (χ4n) is 2.20. The average Bonchev–Trinajstić information content (AvgIpc) is 2.92. The first-order valence-corrected chi connectivity index (χ1v) is 6.25. The Morgan fingerprint density at radius 2 is 2.07 bits per heavy atom. The summed E-state index contributed by atoms with van der Waals surface area (Å²) >= 11 is 0. The minimum absolute atomic E-state index is 0.556. The normalized spacial score (nSPS) is 24.2. The van der Waals surface area contributed by atoms with E-state index in [1.165, 1.54) is 32.1 Å². The van der Waals surface area contributed by atoms with Crippen LogP contribution in [0.2, 0.25) is 0 Å². The van der Waals surface area contributed by atoms with Crippen LogP contribution in [0.1, 0.15) is 32.1 Å². The molecule has 88 valence electrons. The minimum atomic E-state index is 0.556. The second kappa shape index (κ2) is 5.28.